The van der Waals surface area contributed by atoms with Crippen molar-refractivity contribution >= 4 is 17.4 Å². The second-order valence-electron chi connectivity index (χ2n) is 7.40. The number of benzene rings is 1. The van der Waals surface area contributed by atoms with Gasteiger partial charge in [-0.1, -0.05) is 0 Å². The van der Waals surface area contributed by atoms with E-state index < -0.39 is 11.7 Å². The highest BCUT2D eigenvalue weighted by atomic mass is 19.1. The van der Waals surface area contributed by atoms with E-state index in [0.717, 1.165) is 30.8 Å². The van der Waals surface area contributed by atoms with Gasteiger partial charge in [0.15, 0.2) is 0 Å². The minimum Gasteiger partial charge on any atom is -0.496 e. The Morgan fingerprint density at radius 3 is 2.82 bits per heavy atom. The Hall–Kier alpha value is -2.87. The number of ether oxygens (including phenoxy) is 1. The van der Waals surface area contributed by atoms with Crippen LogP contribution >= 0.6 is 0 Å². The molecule has 1 spiro atoms. The number of carbonyl (C=O) groups excluding carboxylic acids is 1. The van der Waals surface area contributed by atoms with Gasteiger partial charge in [0.2, 0.25) is 0 Å². The van der Waals surface area contributed by atoms with E-state index in [0.29, 0.717) is 11.3 Å². The van der Waals surface area contributed by atoms with Crippen molar-refractivity contribution in [3.05, 3.63) is 35.3 Å². The molecule has 2 aromatic rings. The van der Waals surface area contributed by atoms with E-state index in [1.54, 1.807) is 19.4 Å². The van der Waals surface area contributed by atoms with Crippen LogP contribution in [-0.4, -0.2) is 54.8 Å². The predicted octanol–water partition coefficient (Wildman–Crippen LogP) is 2.00. The number of nitrogens with two attached hydrogens (primary N) is 1. The molecule has 1 aromatic carbocycles. The summed E-state index contributed by atoms with van der Waals surface area (Å²) in [7, 11) is 3.05. The Labute approximate surface area is 162 Å². The molecule has 4 rings (SSSR count). The number of nitrogens with one attached hydrogen (secondary N) is 1. The summed E-state index contributed by atoms with van der Waals surface area (Å²) in [6.45, 7) is 0.663. The molecule has 1 amide bonds. The van der Waals surface area contributed by atoms with Gasteiger partial charge in [-0.15, -0.1) is 0 Å². The molecule has 2 heterocycles. The quantitative estimate of drug-likeness (QED) is 0.680. The number of carbonyl (C=O) groups is 1. The monoisotopic (exact) mass is 386 g/mol. The van der Waals surface area contributed by atoms with Crippen LogP contribution in [0.3, 0.4) is 0 Å². The van der Waals surface area contributed by atoms with E-state index in [1.807, 2.05) is 0 Å². The first-order valence-electron chi connectivity index (χ1n) is 9.19. The first-order chi connectivity index (χ1) is 13.4. The number of nitrogens with zero attached hydrogens (tertiary/aromatic N) is 2. The van der Waals surface area contributed by atoms with Gasteiger partial charge in [0.1, 0.15) is 17.4 Å². The van der Waals surface area contributed by atoms with Crippen molar-refractivity contribution in [3.8, 4) is 16.9 Å². The van der Waals surface area contributed by atoms with Crippen LogP contribution in [0, 0.1) is 5.82 Å². The van der Waals surface area contributed by atoms with Crippen molar-refractivity contribution in [2.45, 2.75) is 18.3 Å². The van der Waals surface area contributed by atoms with Crippen molar-refractivity contribution < 1.29 is 19.0 Å². The van der Waals surface area contributed by atoms with E-state index in [-0.39, 0.29) is 35.4 Å². The zero-order valence-corrected chi connectivity index (χ0v) is 15.9. The first kappa shape index (κ1) is 18.5. The molecule has 1 fully saturated rings. The molecule has 0 radical (unpaired) electrons. The van der Waals surface area contributed by atoms with Gasteiger partial charge in [-0.05, 0) is 25.0 Å². The summed E-state index contributed by atoms with van der Waals surface area (Å²) in [6, 6.07) is 3.05. The predicted molar refractivity (Wildman–Crippen MR) is 104 cm³/mol. The fourth-order valence-electron chi connectivity index (χ4n) is 3.90. The van der Waals surface area contributed by atoms with E-state index in [2.05, 4.69) is 10.3 Å². The number of hydrogen-bond donors (Lipinski definition) is 3. The summed E-state index contributed by atoms with van der Waals surface area (Å²) >= 11 is 0. The maximum absolute atomic E-state index is 15.5. The number of rotatable bonds is 5. The number of hydrogen-bond acceptors (Lipinski definition) is 6. The van der Waals surface area contributed by atoms with Crippen molar-refractivity contribution in [2.75, 3.05) is 44.9 Å². The lowest BCUT2D eigenvalue weighted by Gasteiger charge is -2.20. The summed E-state index contributed by atoms with van der Waals surface area (Å²) < 4.78 is 21.1. The Balaban J connectivity index is 1.86. The van der Waals surface area contributed by atoms with Crippen LogP contribution in [0.15, 0.2) is 18.3 Å². The lowest BCUT2D eigenvalue weighted by atomic mass is 9.93. The molecule has 4 N–H and O–H groups in total. The fraction of sp³-hybridized carbons (Fsp3) is 0.400. The maximum atomic E-state index is 15.5. The van der Waals surface area contributed by atoms with Crippen molar-refractivity contribution in [1.29, 1.82) is 0 Å². The van der Waals surface area contributed by atoms with Gasteiger partial charge in [0.25, 0.3) is 5.91 Å². The number of aliphatic hydroxyl groups is 1. The molecule has 0 atom stereocenters. The number of nitrogen functional groups attached to an aromatic ring is 1. The highest BCUT2D eigenvalue weighted by molar-refractivity contribution is 6.01. The highest BCUT2D eigenvalue weighted by Gasteiger charge is 2.52. The number of anilines is 2. The zero-order valence-electron chi connectivity index (χ0n) is 15.9. The fourth-order valence-corrected chi connectivity index (χ4v) is 3.90. The minimum atomic E-state index is -0.717. The maximum Gasteiger partial charge on any atom is 0.258 e. The largest absolute Gasteiger partial charge is 0.496 e. The molecule has 1 saturated carbocycles. The van der Waals surface area contributed by atoms with Gasteiger partial charge in [-0.3, -0.25) is 4.79 Å². The normalized spacial score (nSPS) is 15.9. The molecule has 0 bridgehead atoms. The minimum absolute atomic E-state index is 0.00790. The molecule has 1 aliphatic heterocycles. The Morgan fingerprint density at radius 2 is 2.18 bits per heavy atom. The smallest absolute Gasteiger partial charge is 0.258 e. The standard InChI is InChI=1S/C20H23FN4O3/c1-25(7-8-26)19(27)14-13(22)4-3-11(16(14)21)12-9-23-18-15(17(12)28-2)20(5-6-20)10-24-18/h3-4,9,26H,5-8,10,22H2,1-2H3,(H,23,24). The number of pyridine rings is 1. The molecular weight excluding hydrogens is 363 g/mol. The topological polar surface area (TPSA) is 101 Å². The first-order valence-corrected chi connectivity index (χ1v) is 9.19. The zero-order chi connectivity index (χ0) is 20.1. The van der Waals surface area contributed by atoms with Gasteiger partial charge in [0, 0.05) is 54.1 Å². The summed E-state index contributed by atoms with van der Waals surface area (Å²) in [6.07, 6.45) is 3.63. The van der Waals surface area contributed by atoms with Crippen LogP contribution in [0.2, 0.25) is 0 Å². The van der Waals surface area contributed by atoms with E-state index >= 15 is 4.39 Å². The van der Waals surface area contributed by atoms with Gasteiger partial charge in [-0.2, -0.15) is 0 Å². The molecule has 28 heavy (non-hydrogen) atoms. The summed E-state index contributed by atoms with van der Waals surface area (Å²) in [5.41, 5.74) is 7.44. The van der Waals surface area contributed by atoms with E-state index in [4.69, 9.17) is 15.6 Å². The molecular formula is C20H23FN4O3. The highest BCUT2D eigenvalue weighted by Crippen LogP contribution is 2.58. The van der Waals surface area contributed by atoms with Gasteiger partial charge in [0.05, 0.1) is 19.3 Å². The molecule has 8 heteroatoms. The third-order valence-electron chi connectivity index (χ3n) is 5.67. The summed E-state index contributed by atoms with van der Waals surface area (Å²) in [5, 5.41) is 12.4. The number of likely N-dealkylation sites (N-methyl/N-ethyl adjacent to an activating group) is 1. The second-order valence-corrected chi connectivity index (χ2v) is 7.40. The average molecular weight is 386 g/mol. The van der Waals surface area contributed by atoms with E-state index in [9.17, 15) is 4.79 Å². The average Bonchev–Trinajstić information content (AvgIpc) is 3.37. The Kier molecular flexibility index (Phi) is 4.38. The molecule has 0 saturated heterocycles. The van der Waals surface area contributed by atoms with Crippen molar-refractivity contribution in [2.24, 2.45) is 0 Å². The SMILES string of the molecule is COc1c(-c2ccc(N)c(C(=O)N(C)CCO)c2F)cnc2c1C1(CC1)CN2. The molecule has 0 unspecified atom stereocenters. The van der Waals surface area contributed by atoms with Crippen molar-refractivity contribution in [3.63, 3.8) is 0 Å². The van der Waals surface area contributed by atoms with Crippen LogP contribution in [0.4, 0.5) is 15.9 Å². The van der Waals surface area contributed by atoms with Crippen LogP contribution in [0.5, 0.6) is 5.75 Å². The number of aliphatic hydroxyl groups excluding tert-OH is 1. The number of aromatic nitrogens is 1. The second kappa shape index (κ2) is 6.63. The summed E-state index contributed by atoms with van der Waals surface area (Å²) in [4.78, 5) is 18.4. The lowest BCUT2D eigenvalue weighted by molar-refractivity contribution is 0.0763. The third-order valence-corrected chi connectivity index (χ3v) is 5.67. The van der Waals surface area contributed by atoms with Crippen molar-refractivity contribution in [1.82, 2.24) is 9.88 Å². The molecule has 1 aliphatic carbocycles. The van der Waals surface area contributed by atoms with Gasteiger partial charge in [-0.25, -0.2) is 9.37 Å². The van der Waals surface area contributed by atoms with Crippen LogP contribution in [0.1, 0.15) is 28.8 Å². The van der Waals surface area contributed by atoms with Crippen LogP contribution in [-0.2, 0) is 5.41 Å². The lowest BCUT2D eigenvalue weighted by Crippen LogP contribution is -2.31. The van der Waals surface area contributed by atoms with Crippen LogP contribution in [0.25, 0.3) is 11.1 Å². The molecule has 7 nitrogen and oxygen atoms in total. The van der Waals surface area contributed by atoms with Crippen LogP contribution < -0.4 is 15.8 Å². The number of fused-ring (bicyclic) bond motifs is 2. The third kappa shape index (κ3) is 2.67. The van der Waals surface area contributed by atoms with Gasteiger partial charge >= 0.3 is 0 Å². The number of methoxy groups -OCH3 is 1. The Bertz CT molecular complexity index is 959. The molecule has 1 aromatic heterocycles. The van der Waals surface area contributed by atoms with E-state index in [1.165, 1.54) is 18.0 Å². The number of amides is 1. The molecule has 148 valence electrons. The summed E-state index contributed by atoms with van der Waals surface area (Å²) in [5.74, 6) is 0.0520. The number of halogens is 1. The van der Waals surface area contributed by atoms with Gasteiger partial charge < -0.3 is 25.8 Å². The molecule has 2 aliphatic rings. The Morgan fingerprint density at radius 1 is 1.43 bits per heavy atom.